The molecule has 12 nitrogen and oxygen atoms in total. The van der Waals surface area contributed by atoms with E-state index in [0.29, 0.717) is 47.8 Å². The number of H-pyrrole nitrogens is 1. The lowest BCUT2D eigenvalue weighted by Crippen LogP contribution is -2.26. The molecule has 0 saturated carbocycles. The summed E-state index contributed by atoms with van der Waals surface area (Å²) in [4.78, 5) is 20.4. The molecule has 0 saturated heterocycles. The van der Waals surface area contributed by atoms with Crippen molar-refractivity contribution in [3.8, 4) is 17.1 Å². The Morgan fingerprint density at radius 3 is 2.36 bits per heavy atom. The first-order chi connectivity index (χ1) is 19.9. The fourth-order valence-corrected chi connectivity index (χ4v) is 6.20. The predicted molar refractivity (Wildman–Crippen MR) is 160 cm³/mol. The molecule has 0 spiro atoms. The highest BCUT2D eigenvalue weighted by Crippen LogP contribution is 2.30. The highest BCUT2D eigenvalue weighted by molar-refractivity contribution is 7.89. The van der Waals surface area contributed by atoms with Gasteiger partial charge in [0.25, 0.3) is 5.56 Å². The molecule has 42 heavy (non-hydrogen) atoms. The molecule has 4 N–H and O–H groups in total. The van der Waals surface area contributed by atoms with Crippen LogP contribution in [0.5, 0.6) is 5.75 Å². The van der Waals surface area contributed by atoms with Gasteiger partial charge in [-0.15, -0.1) is 5.10 Å². The SMILES string of the molecule is CCCCCCc1nc(C)c2c(=O)[nH]c(-c3cc(S(=O)(=O)NCCc4ccc(S(N)(=O)=O)cc4)ccc3OCC)nn12. The number of hydrogen-bond acceptors (Lipinski definition) is 8. The van der Waals surface area contributed by atoms with Gasteiger partial charge < -0.3 is 9.72 Å². The molecule has 226 valence electrons. The van der Waals surface area contributed by atoms with Gasteiger partial charge in [0.15, 0.2) is 11.3 Å². The Labute approximate surface area is 245 Å². The summed E-state index contributed by atoms with van der Waals surface area (Å²) >= 11 is 0. The Morgan fingerprint density at radius 2 is 1.69 bits per heavy atom. The minimum Gasteiger partial charge on any atom is -0.493 e. The molecule has 2 heterocycles. The zero-order valence-corrected chi connectivity index (χ0v) is 25.5. The summed E-state index contributed by atoms with van der Waals surface area (Å²) < 4.78 is 59.2. The van der Waals surface area contributed by atoms with Crippen LogP contribution < -0.4 is 20.2 Å². The van der Waals surface area contributed by atoms with Gasteiger partial charge in [-0.2, -0.15) is 0 Å². The summed E-state index contributed by atoms with van der Waals surface area (Å²) in [6, 6.07) is 10.3. The summed E-state index contributed by atoms with van der Waals surface area (Å²) in [6.07, 6.45) is 5.15. The van der Waals surface area contributed by atoms with E-state index in [1.54, 1.807) is 30.5 Å². The lowest BCUT2D eigenvalue weighted by Gasteiger charge is -2.13. The Bertz CT molecular complexity index is 1830. The molecule has 0 radical (unpaired) electrons. The molecule has 4 rings (SSSR count). The van der Waals surface area contributed by atoms with Crippen LogP contribution in [0.3, 0.4) is 0 Å². The number of primary sulfonamides is 1. The van der Waals surface area contributed by atoms with Crippen LogP contribution in [0.15, 0.2) is 57.1 Å². The molecule has 0 amide bonds. The maximum atomic E-state index is 13.2. The van der Waals surface area contributed by atoms with Gasteiger partial charge in [0.1, 0.15) is 11.6 Å². The molecule has 0 aliphatic heterocycles. The second kappa shape index (κ2) is 13.2. The van der Waals surface area contributed by atoms with Crippen molar-refractivity contribution in [1.82, 2.24) is 24.3 Å². The van der Waals surface area contributed by atoms with Crippen LogP contribution in [0.1, 0.15) is 56.6 Å². The van der Waals surface area contributed by atoms with E-state index in [-0.39, 0.29) is 27.7 Å². The monoisotopic (exact) mass is 616 g/mol. The van der Waals surface area contributed by atoms with Crippen LogP contribution in [0.25, 0.3) is 16.9 Å². The molecule has 14 heteroatoms. The largest absolute Gasteiger partial charge is 0.493 e. The number of unbranched alkanes of at least 4 members (excludes halogenated alkanes) is 3. The highest BCUT2D eigenvalue weighted by atomic mass is 32.2. The van der Waals surface area contributed by atoms with Gasteiger partial charge >= 0.3 is 0 Å². The van der Waals surface area contributed by atoms with E-state index in [2.05, 4.69) is 26.7 Å². The number of nitrogens with one attached hydrogen (secondary N) is 2. The van der Waals surface area contributed by atoms with Crippen molar-refractivity contribution in [3.05, 3.63) is 69.9 Å². The Balaban J connectivity index is 1.62. The maximum Gasteiger partial charge on any atom is 0.277 e. The van der Waals surface area contributed by atoms with Gasteiger partial charge in [0.05, 0.1) is 27.7 Å². The minimum atomic E-state index is -3.96. The number of nitrogens with two attached hydrogens (primary N) is 1. The lowest BCUT2D eigenvalue weighted by atomic mass is 10.1. The van der Waals surface area contributed by atoms with Crippen LogP contribution in [0.4, 0.5) is 0 Å². The molecule has 2 aromatic carbocycles. The summed E-state index contributed by atoms with van der Waals surface area (Å²) in [5, 5.41) is 9.80. The average Bonchev–Trinajstić information content (AvgIpc) is 3.26. The zero-order chi connectivity index (χ0) is 30.5. The smallest absolute Gasteiger partial charge is 0.277 e. The summed E-state index contributed by atoms with van der Waals surface area (Å²) in [5.74, 6) is 1.21. The molecule has 0 fully saturated rings. The summed E-state index contributed by atoms with van der Waals surface area (Å²) in [5.41, 5.74) is 1.59. The van der Waals surface area contributed by atoms with Crippen LogP contribution in [0.2, 0.25) is 0 Å². The number of sulfonamides is 2. The zero-order valence-electron chi connectivity index (χ0n) is 23.9. The molecule has 0 bridgehead atoms. The van der Waals surface area contributed by atoms with Gasteiger partial charge in [0.2, 0.25) is 20.0 Å². The molecule has 4 aromatic rings. The van der Waals surface area contributed by atoms with E-state index in [4.69, 9.17) is 9.88 Å². The Hall–Kier alpha value is -3.59. The number of benzene rings is 2. The second-order valence-corrected chi connectivity index (χ2v) is 13.2. The van der Waals surface area contributed by atoms with Crippen molar-refractivity contribution in [3.63, 3.8) is 0 Å². The average molecular weight is 617 g/mol. The van der Waals surface area contributed by atoms with E-state index in [1.165, 1.54) is 30.3 Å². The van der Waals surface area contributed by atoms with Crippen molar-refractivity contribution >= 4 is 25.6 Å². The third-order valence-electron chi connectivity index (χ3n) is 6.77. The number of fused-ring (bicyclic) bond motifs is 1. The number of aryl methyl sites for hydroxylation is 2. The number of nitrogens with zero attached hydrogens (tertiary/aromatic N) is 3. The van der Waals surface area contributed by atoms with Gasteiger partial charge in [-0.1, -0.05) is 38.3 Å². The molecule has 0 aliphatic carbocycles. The van der Waals surface area contributed by atoms with E-state index in [1.807, 2.05) is 0 Å². The van der Waals surface area contributed by atoms with Gasteiger partial charge in [0, 0.05) is 13.0 Å². The van der Waals surface area contributed by atoms with Crippen molar-refractivity contribution in [2.45, 2.75) is 69.1 Å². The maximum absolute atomic E-state index is 13.2. The number of imidazole rings is 1. The van der Waals surface area contributed by atoms with Crippen molar-refractivity contribution in [2.24, 2.45) is 5.14 Å². The number of aromatic amines is 1. The van der Waals surface area contributed by atoms with E-state index in [9.17, 15) is 21.6 Å². The van der Waals surface area contributed by atoms with Gasteiger partial charge in [-0.25, -0.2) is 36.2 Å². The van der Waals surface area contributed by atoms with Gasteiger partial charge in [-0.3, -0.25) is 4.79 Å². The van der Waals surface area contributed by atoms with Crippen LogP contribution in [-0.2, 0) is 32.9 Å². The molecule has 2 aromatic heterocycles. The molecular formula is C28H36N6O6S2. The summed E-state index contributed by atoms with van der Waals surface area (Å²) in [6.45, 7) is 6.09. The van der Waals surface area contributed by atoms with Crippen LogP contribution >= 0.6 is 0 Å². The molecule has 0 atom stereocenters. The second-order valence-electron chi connectivity index (χ2n) is 9.91. The number of aromatic nitrogens is 4. The first kappa shape index (κ1) is 31.3. The number of hydrogen-bond donors (Lipinski definition) is 3. The molecular weight excluding hydrogens is 580 g/mol. The van der Waals surface area contributed by atoms with E-state index in [0.717, 1.165) is 31.2 Å². The Morgan fingerprint density at radius 1 is 0.976 bits per heavy atom. The highest BCUT2D eigenvalue weighted by Gasteiger charge is 2.21. The Kier molecular flexibility index (Phi) is 9.82. The van der Waals surface area contributed by atoms with E-state index < -0.39 is 20.0 Å². The normalized spacial score (nSPS) is 12.2. The summed E-state index contributed by atoms with van der Waals surface area (Å²) in [7, 11) is -7.77. The van der Waals surface area contributed by atoms with Crippen LogP contribution in [-0.4, -0.2) is 49.6 Å². The first-order valence-corrected chi connectivity index (χ1v) is 16.8. The van der Waals surface area contributed by atoms with Crippen molar-refractivity contribution < 1.29 is 21.6 Å². The van der Waals surface area contributed by atoms with Crippen molar-refractivity contribution in [1.29, 1.82) is 0 Å². The molecule has 0 unspecified atom stereocenters. The third kappa shape index (κ3) is 7.24. The fourth-order valence-electron chi connectivity index (χ4n) is 4.63. The van der Waals surface area contributed by atoms with Gasteiger partial charge in [-0.05, 0) is 62.6 Å². The van der Waals surface area contributed by atoms with Crippen molar-refractivity contribution in [2.75, 3.05) is 13.2 Å². The predicted octanol–water partition coefficient (Wildman–Crippen LogP) is 3.08. The fraction of sp³-hybridized carbons (Fsp3) is 0.393. The standard InChI is InChI=1S/C28H36N6O6S2/c1-4-6-7-8-9-25-31-19(3)26-28(35)32-27(33-34(25)26)23-18-22(14-15-24(23)40-5-2)42(38,39)30-17-16-20-10-12-21(13-11-20)41(29,36)37/h10-15,18,30H,4-9,16-17H2,1-3H3,(H2,29,36,37)(H,32,33,35). The van der Waals surface area contributed by atoms with Crippen LogP contribution in [0, 0.1) is 6.92 Å². The molecule has 0 aliphatic rings. The number of rotatable bonds is 14. The lowest BCUT2D eigenvalue weighted by molar-refractivity contribution is 0.341. The first-order valence-electron chi connectivity index (χ1n) is 13.8. The minimum absolute atomic E-state index is 0.0203. The quantitative estimate of drug-likeness (QED) is 0.181. The number of ether oxygens (including phenoxy) is 1. The van der Waals surface area contributed by atoms with E-state index >= 15 is 0 Å². The third-order valence-corrected chi connectivity index (χ3v) is 9.16. The topological polar surface area (TPSA) is 179 Å².